The number of hydrogen-bond acceptors (Lipinski definition) is 0. The monoisotopic (exact) mass is 228 g/mol. The number of benzene rings is 1. The van der Waals surface area contributed by atoms with Gasteiger partial charge in [0.25, 0.3) is 0 Å². The minimum absolute atomic E-state index is 0.481. The van der Waals surface area contributed by atoms with Gasteiger partial charge in [-0.1, -0.05) is 61.9 Å². The smallest absolute Gasteiger partial charge is 0.00251 e. The van der Waals surface area contributed by atoms with E-state index in [1.54, 1.807) is 0 Å². The molecular weight excluding hydrogens is 204 g/mol. The average Bonchev–Trinajstić information content (AvgIpc) is 2.20. The second kappa shape index (κ2) is 5.86. The molecule has 0 spiro atoms. The Balaban J connectivity index is 3.07. The first kappa shape index (κ1) is 13.8. The Hall–Kier alpha value is -1.30. The van der Waals surface area contributed by atoms with E-state index in [9.17, 15) is 0 Å². The van der Waals surface area contributed by atoms with E-state index < -0.39 is 0 Å². The topological polar surface area (TPSA) is 0 Å². The third kappa shape index (κ3) is 3.59. The Bertz CT molecular complexity index is 421. The van der Waals surface area contributed by atoms with Crippen LogP contribution in [0.15, 0.2) is 42.0 Å². The van der Waals surface area contributed by atoms with Crippen LogP contribution in [-0.2, 0) is 0 Å². The minimum Gasteiger partial charge on any atom is -0.0995 e. The van der Waals surface area contributed by atoms with E-state index in [1.165, 1.54) is 22.3 Å². The fraction of sp³-hybridized carbons (Fsp3) is 0.412. The van der Waals surface area contributed by atoms with Crippen LogP contribution in [0.5, 0.6) is 0 Å². The normalized spacial score (nSPS) is 13.9. The fourth-order valence-corrected chi connectivity index (χ4v) is 2.57. The van der Waals surface area contributed by atoms with E-state index in [0.29, 0.717) is 11.8 Å². The van der Waals surface area contributed by atoms with Gasteiger partial charge in [-0.25, -0.2) is 0 Å². The van der Waals surface area contributed by atoms with Crippen molar-refractivity contribution in [1.29, 1.82) is 0 Å². The maximum absolute atomic E-state index is 4.12. The quantitative estimate of drug-likeness (QED) is 0.618. The van der Waals surface area contributed by atoms with Crippen molar-refractivity contribution in [2.24, 2.45) is 11.8 Å². The van der Waals surface area contributed by atoms with Gasteiger partial charge < -0.3 is 0 Å². The first-order valence-electron chi connectivity index (χ1n) is 6.32. The lowest BCUT2D eigenvalue weighted by atomic mass is 9.83. The molecule has 0 fully saturated rings. The molecule has 0 aromatic heterocycles. The number of allylic oxidation sites excluding steroid dienone is 2. The van der Waals surface area contributed by atoms with Crippen molar-refractivity contribution in [3.05, 3.63) is 53.1 Å². The molecule has 1 unspecified atom stereocenters. The fourth-order valence-electron chi connectivity index (χ4n) is 2.57. The van der Waals surface area contributed by atoms with Crippen molar-refractivity contribution < 1.29 is 0 Å². The van der Waals surface area contributed by atoms with Crippen LogP contribution in [0.4, 0.5) is 0 Å². The second-order valence-corrected chi connectivity index (χ2v) is 5.31. The standard InChI is InChI=1S/C17H24/c1-12(2)17(13(3)4)15(6)11-16-10-8-7-9-14(16)5/h7-11,13,17H,1H2,2-6H3/b15-11+. The van der Waals surface area contributed by atoms with Crippen LogP contribution in [0.2, 0.25) is 0 Å². The molecule has 0 aliphatic heterocycles. The van der Waals surface area contributed by atoms with E-state index in [0.717, 1.165) is 0 Å². The lowest BCUT2D eigenvalue weighted by Crippen LogP contribution is -2.11. The summed E-state index contributed by atoms with van der Waals surface area (Å²) in [7, 11) is 0. The molecule has 1 aromatic rings. The SMILES string of the molecule is C=C(C)C(/C(C)=C/c1ccccc1C)C(C)C. The molecule has 92 valence electrons. The van der Waals surface area contributed by atoms with Gasteiger partial charge >= 0.3 is 0 Å². The maximum atomic E-state index is 4.12. The first-order valence-corrected chi connectivity index (χ1v) is 6.32. The summed E-state index contributed by atoms with van der Waals surface area (Å²) in [6, 6.07) is 8.51. The van der Waals surface area contributed by atoms with Crippen LogP contribution in [0, 0.1) is 18.8 Å². The highest BCUT2D eigenvalue weighted by molar-refractivity contribution is 5.57. The van der Waals surface area contributed by atoms with E-state index >= 15 is 0 Å². The zero-order valence-corrected chi connectivity index (χ0v) is 11.7. The predicted octanol–water partition coefficient (Wildman–Crippen LogP) is 5.25. The van der Waals surface area contributed by atoms with Gasteiger partial charge in [-0.15, -0.1) is 0 Å². The summed E-state index contributed by atoms with van der Waals surface area (Å²) in [6.07, 6.45) is 2.30. The van der Waals surface area contributed by atoms with Crippen LogP contribution in [0.25, 0.3) is 6.08 Å². The predicted molar refractivity (Wildman–Crippen MR) is 78.0 cm³/mol. The zero-order chi connectivity index (χ0) is 13.0. The molecular formula is C17H24. The minimum atomic E-state index is 0.481. The van der Waals surface area contributed by atoms with Crippen LogP contribution < -0.4 is 0 Å². The van der Waals surface area contributed by atoms with Crippen LogP contribution in [0.3, 0.4) is 0 Å². The third-order valence-corrected chi connectivity index (χ3v) is 3.26. The Morgan fingerprint density at radius 3 is 2.24 bits per heavy atom. The maximum Gasteiger partial charge on any atom is 0.00251 e. The lowest BCUT2D eigenvalue weighted by molar-refractivity contribution is 0.506. The van der Waals surface area contributed by atoms with Crippen LogP contribution in [-0.4, -0.2) is 0 Å². The number of aryl methyl sites for hydroxylation is 1. The summed E-state index contributed by atoms with van der Waals surface area (Å²) < 4.78 is 0. The van der Waals surface area contributed by atoms with Crippen molar-refractivity contribution in [3.8, 4) is 0 Å². The van der Waals surface area contributed by atoms with Gasteiger partial charge in [0.2, 0.25) is 0 Å². The summed E-state index contributed by atoms with van der Waals surface area (Å²) in [4.78, 5) is 0. The molecule has 0 amide bonds. The summed E-state index contributed by atoms with van der Waals surface area (Å²) in [6.45, 7) is 15.1. The van der Waals surface area contributed by atoms with E-state index in [4.69, 9.17) is 0 Å². The molecule has 17 heavy (non-hydrogen) atoms. The molecule has 0 radical (unpaired) electrons. The molecule has 0 nitrogen and oxygen atoms in total. The number of rotatable bonds is 4. The first-order chi connectivity index (χ1) is 7.93. The molecule has 0 aliphatic rings. The van der Waals surface area contributed by atoms with Gasteiger partial charge in [0, 0.05) is 5.92 Å². The largest absolute Gasteiger partial charge is 0.0995 e. The molecule has 1 rings (SSSR count). The molecule has 0 saturated carbocycles. The van der Waals surface area contributed by atoms with E-state index in [2.05, 4.69) is 71.5 Å². The Morgan fingerprint density at radius 1 is 1.18 bits per heavy atom. The van der Waals surface area contributed by atoms with Crippen molar-refractivity contribution >= 4 is 6.08 Å². The molecule has 1 atom stereocenters. The summed E-state index contributed by atoms with van der Waals surface area (Å²) in [5, 5.41) is 0. The lowest BCUT2D eigenvalue weighted by Gasteiger charge is -2.22. The molecule has 0 aliphatic carbocycles. The van der Waals surface area contributed by atoms with Gasteiger partial charge in [-0.05, 0) is 37.8 Å². The van der Waals surface area contributed by atoms with Gasteiger partial charge in [0.15, 0.2) is 0 Å². The van der Waals surface area contributed by atoms with Crippen molar-refractivity contribution in [2.75, 3.05) is 0 Å². The van der Waals surface area contributed by atoms with Gasteiger partial charge in [0.05, 0.1) is 0 Å². The molecule has 0 N–H and O–H groups in total. The zero-order valence-electron chi connectivity index (χ0n) is 11.7. The van der Waals surface area contributed by atoms with Crippen LogP contribution in [0.1, 0.15) is 38.8 Å². The molecule has 0 bridgehead atoms. The molecule has 1 aromatic carbocycles. The second-order valence-electron chi connectivity index (χ2n) is 5.31. The van der Waals surface area contributed by atoms with Gasteiger partial charge in [-0.3, -0.25) is 0 Å². The van der Waals surface area contributed by atoms with E-state index in [-0.39, 0.29) is 0 Å². The van der Waals surface area contributed by atoms with Crippen molar-refractivity contribution in [3.63, 3.8) is 0 Å². The Morgan fingerprint density at radius 2 is 1.76 bits per heavy atom. The van der Waals surface area contributed by atoms with Crippen molar-refractivity contribution in [1.82, 2.24) is 0 Å². The Labute approximate surface area is 106 Å². The molecule has 0 heterocycles. The average molecular weight is 228 g/mol. The van der Waals surface area contributed by atoms with Crippen molar-refractivity contribution in [2.45, 2.75) is 34.6 Å². The third-order valence-electron chi connectivity index (χ3n) is 3.26. The highest BCUT2D eigenvalue weighted by Gasteiger charge is 2.15. The summed E-state index contributed by atoms with van der Waals surface area (Å²) in [5.41, 5.74) is 5.30. The Kier molecular flexibility index (Phi) is 4.74. The highest BCUT2D eigenvalue weighted by Crippen LogP contribution is 2.28. The van der Waals surface area contributed by atoms with E-state index in [1.807, 2.05) is 0 Å². The van der Waals surface area contributed by atoms with Gasteiger partial charge in [0.1, 0.15) is 0 Å². The summed E-state index contributed by atoms with van der Waals surface area (Å²) >= 11 is 0. The molecule has 0 heteroatoms. The van der Waals surface area contributed by atoms with Crippen LogP contribution >= 0.6 is 0 Å². The number of hydrogen-bond donors (Lipinski definition) is 0. The molecule has 0 saturated heterocycles. The summed E-state index contributed by atoms with van der Waals surface area (Å²) in [5.74, 6) is 1.09. The van der Waals surface area contributed by atoms with Gasteiger partial charge in [-0.2, -0.15) is 0 Å². The highest BCUT2D eigenvalue weighted by atomic mass is 14.2.